The third kappa shape index (κ3) is 10.7. The van der Waals surface area contributed by atoms with Crippen LogP contribution in [0.1, 0.15) is 104 Å². The minimum absolute atomic E-state index is 0. The maximum Gasteiger partial charge on any atom is 0.271 e. The molecule has 3 heterocycles. The summed E-state index contributed by atoms with van der Waals surface area (Å²) in [6.07, 6.45) is 2.30. The first-order valence-electron chi connectivity index (χ1n) is 16.6. The van der Waals surface area contributed by atoms with Crippen LogP contribution in [0.15, 0.2) is 65.4 Å². The minimum Gasteiger partial charge on any atom is -0.351 e. The average Bonchev–Trinajstić information content (AvgIpc) is 3.80. The van der Waals surface area contributed by atoms with Crippen LogP contribution in [0.3, 0.4) is 0 Å². The van der Waals surface area contributed by atoms with Crippen molar-refractivity contribution >= 4 is 58.7 Å². The molecule has 5 rings (SSSR count). The first kappa shape index (κ1) is 38.6. The molecule has 2 aromatic carbocycles. The van der Waals surface area contributed by atoms with Gasteiger partial charge >= 0.3 is 0 Å². The predicted molar refractivity (Wildman–Crippen MR) is 199 cm³/mol. The van der Waals surface area contributed by atoms with E-state index in [1.807, 2.05) is 42.5 Å². The van der Waals surface area contributed by atoms with Crippen molar-refractivity contribution in [2.75, 3.05) is 19.6 Å². The highest BCUT2D eigenvalue weighted by molar-refractivity contribution is 7.10. The summed E-state index contributed by atoms with van der Waals surface area (Å²) < 4.78 is 0. The van der Waals surface area contributed by atoms with Crippen molar-refractivity contribution in [2.45, 2.75) is 64.6 Å². The van der Waals surface area contributed by atoms with Gasteiger partial charge < -0.3 is 26.6 Å². The lowest BCUT2D eigenvalue weighted by Crippen LogP contribution is -2.36. The highest BCUT2D eigenvalue weighted by atomic mass is 35.5. The Hall–Kier alpha value is -4.17. The number of nitrogens with zero attached hydrogens (tertiary/aromatic N) is 3. The number of amides is 4. The Kier molecular flexibility index (Phi) is 14.5. The Bertz CT molecular complexity index is 1750. The van der Waals surface area contributed by atoms with E-state index < -0.39 is 6.04 Å². The SMILES string of the molecule is CC(C)C[C@@H]1NC(=O)CCCN(C(=O)c2cccc(CN)c2)CCCNC(=O)c2csc(n2)[C@H](Cc2ccccc2)NC(=O)c2csc1n2.Cl. The fourth-order valence-corrected chi connectivity index (χ4v) is 7.38. The first-order chi connectivity index (χ1) is 23.7. The number of thiazole rings is 2. The number of carbonyl (C=O) groups excluding carboxylic acids is 4. The van der Waals surface area contributed by atoms with E-state index in [0.29, 0.717) is 67.4 Å². The molecule has 1 aliphatic rings. The lowest BCUT2D eigenvalue weighted by molar-refractivity contribution is -0.122. The standard InChI is InChI=1S/C36H43N7O4S2.ClH/c1-23(2)17-27-34-42-30(22-49-34)33(46)40-28(19-24-9-4-3-5-10-24)35-41-29(21-48-35)32(45)38-14-8-16-43(15-7-13-31(44)39-27)36(47)26-12-6-11-25(18-26)20-37;/h3-6,9-12,18,21-23,27-28H,7-8,13-17,19-20,37H2,1-2H3,(H,38,45)(H,39,44)(H,40,46);1H/t27-,28-;/m0./s1. The molecular weight excluding hydrogens is 694 g/mol. The molecule has 4 bridgehead atoms. The molecule has 11 nitrogen and oxygen atoms in total. The number of halogens is 1. The van der Waals surface area contributed by atoms with E-state index in [9.17, 15) is 19.2 Å². The van der Waals surface area contributed by atoms with Crippen molar-refractivity contribution in [3.8, 4) is 0 Å². The second kappa shape index (κ2) is 18.7. The van der Waals surface area contributed by atoms with Gasteiger partial charge in [0.05, 0.1) is 12.1 Å². The van der Waals surface area contributed by atoms with E-state index >= 15 is 0 Å². The van der Waals surface area contributed by atoms with Gasteiger partial charge in [0, 0.05) is 48.9 Å². The monoisotopic (exact) mass is 737 g/mol. The molecule has 2 aromatic heterocycles. The largest absolute Gasteiger partial charge is 0.351 e. The van der Waals surface area contributed by atoms with Gasteiger partial charge in [-0.2, -0.15) is 0 Å². The molecular formula is C36H44ClN7O4S2. The summed E-state index contributed by atoms with van der Waals surface area (Å²) in [6, 6.07) is 16.2. The van der Waals surface area contributed by atoms with Crippen molar-refractivity contribution in [1.29, 1.82) is 0 Å². The maximum absolute atomic E-state index is 13.6. The summed E-state index contributed by atoms with van der Waals surface area (Å²) in [7, 11) is 0. The molecule has 4 amide bonds. The zero-order valence-corrected chi connectivity index (χ0v) is 30.7. The van der Waals surface area contributed by atoms with Crippen LogP contribution in [0.2, 0.25) is 0 Å². The van der Waals surface area contributed by atoms with Crippen molar-refractivity contribution in [3.63, 3.8) is 0 Å². The first-order valence-corrected chi connectivity index (χ1v) is 18.4. The highest BCUT2D eigenvalue weighted by Crippen LogP contribution is 2.27. The summed E-state index contributed by atoms with van der Waals surface area (Å²) in [4.78, 5) is 64.5. The van der Waals surface area contributed by atoms with E-state index in [-0.39, 0.29) is 65.8 Å². The molecule has 0 unspecified atom stereocenters. The van der Waals surface area contributed by atoms with Gasteiger partial charge in [-0.25, -0.2) is 9.97 Å². The number of hydrogen-bond acceptors (Lipinski definition) is 9. The molecule has 0 radical (unpaired) electrons. The molecule has 14 heteroatoms. The molecule has 4 aromatic rings. The van der Waals surface area contributed by atoms with Crippen molar-refractivity contribution in [3.05, 3.63) is 103 Å². The molecule has 0 aliphatic carbocycles. The Morgan fingerprint density at radius 2 is 1.54 bits per heavy atom. The third-order valence-electron chi connectivity index (χ3n) is 8.15. The molecule has 5 N–H and O–H groups in total. The van der Waals surface area contributed by atoms with Gasteiger partial charge in [-0.1, -0.05) is 56.3 Å². The van der Waals surface area contributed by atoms with Gasteiger partial charge in [0.15, 0.2) is 0 Å². The lowest BCUT2D eigenvalue weighted by Gasteiger charge is -2.24. The van der Waals surface area contributed by atoms with Crippen LogP contribution in [0, 0.1) is 5.92 Å². The second-order valence-corrected chi connectivity index (χ2v) is 14.3. The summed E-state index contributed by atoms with van der Waals surface area (Å²) in [5, 5.41) is 13.8. The van der Waals surface area contributed by atoms with E-state index in [2.05, 4.69) is 39.8 Å². The van der Waals surface area contributed by atoms with Crippen molar-refractivity contribution in [1.82, 2.24) is 30.8 Å². The van der Waals surface area contributed by atoms with Crippen LogP contribution in [0.25, 0.3) is 0 Å². The van der Waals surface area contributed by atoms with Crippen LogP contribution < -0.4 is 21.7 Å². The maximum atomic E-state index is 13.6. The number of nitrogens with one attached hydrogen (secondary N) is 3. The fraction of sp³-hybridized carbons (Fsp3) is 0.389. The van der Waals surface area contributed by atoms with Crippen LogP contribution in [0.5, 0.6) is 0 Å². The quantitative estimate of drug-likeness (QED) is 0.205. The number of aromatic nitrogens is 2. The fourth-order valence-electron chi connectivity index (χ4n) is 5.67. The lowest BCUT2D eigenvalue weighted by atomic mass is 10.0. The molecule has 2 atom stereocenters. The van der Waals surface area contributed by atoms with Crippen LogP contribution in [-0.4, -0.2) is 58.1 Å². The van der Waals surface area contributed by atoms with Gasteiger partial charge in [-0.3, -0.25) is 19.2 Å². The molecule has 266 valence electrons. The predicted octanol–water partition coefficient (Wildman–Crippen LogP) is 5.45. The number of benzene rings is 2. The highest BCUT2D eigenvalue weighted by Gasteiger charge is 2.26. The van der Waals surface area contributed by atoms with Gasteiger partial charge in [-0.05, 0) is 54.9 Å². The molecule has 1 aliphatic heterocycles. The van der Waals surface area contributed by atoms with Crippen LogP contribution >= 0.6 is 35.1 Å². The zero-order valence-electron chi connectivity index (χ0n) is 28.2. The normalized spacial score (nSPS) is 17.9. The molecule has 0 spiro atoms. The second-order valence-electron chi connectivity index (χ2n) is 12.5. The van der Waals surface area contributed by atoms with E-state index in [0.717, 1.165) is 11.1 Å². The number of carbonyl (C=O) groups is 4. The smallest absolute Gasteiger partial charge is 0.271 e. The third-order valence-corrected chi connectivity index (χ3v) is 10.1. The number of fused-ring (bicyclic) bond motifs is 4. The average molecular weight is 738 g/mol. The number of nitrogens with two attached hydrogens (primary N) is 1. The van der Waals surface area contributed by atoms with Crippen molar-refractivity contribution < 1.29 is 19.2 Å². The topological polar surface area (TPSA) is 159 Å². The Labute approximate surface area is 306 Å². The summed E-state index contributed by atoms with van der Waals surface area (Å²) in [5.74, 6) is -0.719. The summed E-state index contributed by atoms with van der Waals surface area (Å²) >= 11 is 2.65. The van der Waals surface area contributed by atoms with Gasteiger partial charge in [0.25, 0.3) is 17.7 Å². The van der Waals surface area contributed by atoms with Gasteiger partial charge in [0.2, 0.25) is 5.91 Å². The number of rotatable bonds is 6. The van der Waals surface area contributed by atoms with Gasteiger partial charge in [0.1, 0.15) is 21.4 Å². The van der Waals surface area contributed by atoms with E-state index in [1.165, 1.54) is 22.7 Å². The van der Waals surface area contributed by atoms with Crippen molar-refractivity contribution in [2.24, 2.45) is 11.7 Å². The Morgan fingerprint density at radius 3 is 2.24 bits per heavy atom. The molecule has 50 heavy (non-hydrogen) atoms. The summed E-state index contributed by atoms with van der Waals surface area (Å²) in [6.45, 7) is 5.55. The summed E-state index contributed by atoms with van der Waals surface area (Å²) in [5.41, 5.74) is 8.74. The Morgan fingerprint density at radius 1 is 0.880 bits per heavy atom. The van der Waals surface area contributed by atoms with E-state index in [4.69, 9.17) is 5.73 Å². The van der Waals surface area contributed by atoms with Gasteiger partial charge in [-0.15, -0.1) is 35.1 Å². The molecule has 0 fully saturated rings. The Balaban J connectivity index is 0.00000562. The van der Waals surface area contributed by atoms with Crippen LogP contribution in [0.4, 0.5) is 0 Å². The molecule has 0 saturated carbocycles. The molecule has 0 saturated heterocycles. The van der Waals surface area contributed by atoms with Crippen LogP contribution in [-0.2, 0) is 17.8 Å². The van der Waals surface area contributed by atoms with E-state index in [1.54, 1.807) is 27.8 Å². The zero-order chi connectivity index (χ0) is 34.8. The number of hydrogen-bond donors (Lipinski definition) is 4. The minimum atomic E-state index is -0.496.